The van der Waals surface area contributed by atoms with Crippen molar-refractivity contribution < 1.29 is 0 Å². The van der Waals surface area contributed by atoms with Gasteiger partial charge in [0.25, 0.3) is 0 Å². The van der Waals surface area contributed by atoms with E-state index >= 15 is 0 Å². The fourth-order valence-corrected chi connectivity index (χ4v) is 3.01. The molecule has 0 aliphatic carbocycles. The van der Waals surface area contributed by atoms with Crippen LogP contribution in [0.25, 0.3) is 0 Å². The average molecular weight is 296 g/mol. The minimum absolute atomic E-state index is 0.448. The van der Waals surface area contributed by atoms with Crippen LogP contribution in [0, 0.1) is 0 Å². The topological polar surface area (TPSA) is 52.0 Å². The SMILES string of the molecule is CCc1cc(Cc2ccc(N)c(C(C)C)c2)cc(CC)c1N. The molecule has 0 bridgehead atoms. The van der Waals surface area contributed by atoms with Gasteiger partial charge in [0.2, 0.25) is 0 Å². The van der Waals surface area contributed by atoms with Crippen molar-refractivity contribution in [2.75, 3.05) is 11.5 Å². The molecule has 0 saturated carbocycles. The number of benzene rings is 2. The lowest BCUT2D eigenvalue weighted by Gasteiger charge is -2.14. The van der Waals surface area contributed by atoms with Crippen molar-refractivity contribution in [3.63, 3.8) is 0 Å². The maximum absolute atomic E-state index is 6.23. The lowest BCUT2D eigenvalue weighted by Crippen LogP contribution is -2.02. The van der Waals surface area contributed by atoms with Gasteiger partial charge in [0.05, 0.1) is 0 Å². The van der Waals surface area contributed by atoms with Gasteiger partial charge in [-0.05, 0) is 59.1 Å². The maximum atomic E-state index is 6.23. The first-order chi connectivity index (χ1) is 10.5. The van der Waals surface area contributed by atoms with Crippen molar-refractivity contribution in [3.05, 3.63) is 58.1 Å². The van der Waals surface area contributed by atoms with Crippen molar-refractivity contribution in [1.29, 1.82) is 0 Å². The average Bonchev–Trinajstić information content (AvgIpc) is 2.50. The van der Waals surface area contributed by atoms with Crippen LogP contribution < -0.4 is 11.5 Å². The molecule has 0 spiro atoms. The Morgan fingerprint density at radius 3 is 1.95 bits per heavy atom. The molecule has 0 atom stereocenters. The highest BCUT2D eigenvalue weighted by Crippen LogP contribution is 2.26. The molecule has 4 N–H and O–H groups in total. The molecule has 22 heavy (non-hydrogen) atoms. The van der Waals surface area contributed by atoms with Crippen LogP contribution in [0.1, 0.15) is 61.4 Å². The third-order valence-electron chi connectivity index (χ3n) is 4.35. The summed E-state index contributed by atoms with van der Waals surface area (Å²) < 4.78 is 0. The summed E-state index contributed by atoms with van der Waals surface area (Å²) in [5.74, 6) is 0.448. The largest absolute Gasteiger partial charge is 0.398 e. The molecule has 0 fully saturated rings. The molecule has 2 aromatic rings. The maximum Gasteiger partial charge on any atom is 0.0379 e. The highest BCUT2D eigenvalue weighted by Gasteiger charge is 2.09. The standard InChI is InChI=1S/C20H28N2/c1-5-16-10-15(11-17(6-2)20(16)22)9-14-7-8-19(21)18(12-14)13(3)4/h7-8,10-13H,5-6,9,21-22H2,1-4H3. The summed E-state index contributed by atoms with van der Waals surface area (Å²) in [4.78, 5) is 0. The number of hydrogen-bond acceptors (Lipinski definition) is 2. The fourth-order valence-electron chi connectivity index (χ4n) is 3.01. The van der Waals surface area contributed by atoms with Gasteiger partial charge in [-0.25, -0.2) is 0 Å². The molecule has 0 amide bonds. The van der Waals surface area contributed by atoms with Gasteiger partial charge in [-0.1, -0.05) is 52.0 Å². The predicted octanol–water partition coefficient (Wildman–Crippen LogP) is 4.69. The lowest BCUT2D eigenvalue weighted by molar-refractivity contribution is 0.866. The summed E-state index contributed by atoms with van der Waals surface area (Å²) >= 11 is 0. The van der Waals surface area contributed by atoms with Crippen molar-refractivity contribution >= 4 is 11.4 Å². The smallest absolute Gasteiger partial charge is 0.0379 e. The third kappa shape index (κ3) is 3.44. The molecule has 0 heterocycles. The molecule has 0 radical (unpaired) electrons. The van der Waals surface area contributed by atoms with E-state index < -0.39 is 0 Å². The second-order valence-corrected chi connectivity index (χ2v) is 6.33. The van der Waals surface area contributed by atoms with E-state index in [1.807, 2.05) is 6.07 Å². The Morgan fingerprint density at radius 1 is 0.864 bits per heavy atom. The molecule has 118 valence electrons. The van der Waals surface area contributed by atoms with Gasteiger partial charge < -0.3 is 11.5 Å². The molecule has 2 heteroatoms. The number of anilines is 2. The predicted molar refractivity (Wildman–Crippen MR) is 97.4 cm³/mol. The van der Waals surface area contributed by atoms with Crippen LogP contribution in [-0.2, 0) is 19.3 Å². The number of rotatable bonds is 5. The fraction of sp³-hybridized carbons (Fsp3) is 0.400. The van der Waals surface area contributed by atoms with Gasteiger partial charge in [-0.2, -0.15) is 0 Å². The second kappa shape index (κ2) is 6.87. The van der Waals surface area contributed by atoms with Crippen LogP contribution in [-0.4, -0.2) is 0 Å². The summed E-state index contributed by atoms with van der Waals surface area (Å²) in [5.41, 5.74) is 20.6. The molecule has 0 aliphatic heterocycles. The van der Waals surface area contributed by atoms with E-state index in [0.717, 1.165) is 30.6 Å². The Labute approximate surface area is 134 Å². The zero-order chi connectivity index (χ0) is 16.3. The van der Waals surface area contributed by atoms with Crippen LogP contribution >= 0.6 is 0 Å². The van der Waals surface area contributed by atoms with Gasteiger partial charge in [0, 0.05) is 11.4 Å². The van der Waals surface area contributed by atoms with E-state index in [1.165, 1.54) is 27.8 Å². The normalized spacial score (nSPS) is 11.1. The second-order valence-electron chi connectivity index (χ2n) is 6.33. The highest BCUT2D eigenvalue weighted by molar-refractivity contribution is 5.57. The Bertz CT molecular complexity index is 632. The summed E-state index contributed by atoms with van der Waals surface area (Å²) in [6, 6.07) is 10.9. The van der Waals surface area contributed by atoms with Gasteiger partial charge >= 0.3 is 0 Å². The Kier molecular flexibility index (Phi) is 5.12. The Morgan fingerprint density at radius 2 is 1.45 bits per heavy atom. The van der Waals surface area contributed by atoms with Crippen molar-refractivity contribution in [2.24, 2.45) is 0 Å². The molecular weight excluding hydrogens is 268 g/mol. The van der Waals surface area contributed by atoms with E-state index in [0.29, 0.717) is 5.92 Å². The monoisotopic (exact) mass is 296 g/mol. The molecule has 0 unspecified atom stereocenters. The first-order valence-electron chi connectivity index (χ1n) is 8.24. The Balaban J connectivity index is 2.37. The highest BCUT2D eigenvalue weighted by atomic mass is 14.6. The van der Waals surface area contributed by atoms with Crippen LogP contribution in [0.2, 0.25) is 0 Å². The zero-order valence-corrected chi connectivity index (χ0v) is 14.2. The number of hydrogen-bond donors (Lipinski definition) is 2. The van der Waals surface area contributed by atoms with E-state index in [9.17, 15) is 0 Å². The number of nitrogens with two attached hydrogens (primary N) is 2. The summed E-state index contributed by atoms with van der Waals surface area (Å²) in [6.07, 6.45) is 2.89. The molecule has 2 aromatic carbocycles. The van der Waals surface area contributed by atoms with E-state index in [4.69, 9.17) is 11.5 Å². The van der Waals surface area contributed by atoms with E-state index in [-0.39, 0.29) is 0 Å². The number of aryl methyl sites for hydroxylation is 2. The van der Waals surface area contributed by atoms with Crippen molar-refractivity contribution in [3.8, 4) is 0 Å². The minimum Gasteiger partial charge on any atom is -0.398 e. The van der Waals surface area contributed by atoms with Crippen molar-refractivity contribution in [1.82, 2.24) is 0 Å². The zero-order valence-electron chi connectivity index (χ0n) is 14.2. The van der Waals surface area contributed by atoms with Crippen LogP contribution in [0.4, 0.5) is 11.4 Å². The summed E-state index contributed by atoms with van der Waals surface area (Å²) in [5, 5.41) is 0. The van der Waals surface area contributed by atoms with E-state index in [2.05, 4.69) is 52.0 Å². The molecular formula is C20H28N2. The van der Waals surface area contributed by atoms with Crippen LogP contribution in [0.15, 0.2) is 30.3 Å². The van der Waals surface area contributed by atoms with Gasteiger partial charge in [0.1, 0.15) is 0 Å². The van der Waals surface area contributed by atoms with Gasteiger partial charge in [0.15, 0.2) is 0 Å². The molecule has 0 saturated heterocycles. The van der Waals surface area contributed by atoms with Crippen molar-refractivity contribution in [2.45, 2.75) is 52.9 Å². The van der Waals surface area contributed by atoms with Gasteiger partial charge in [-0.3, -0.25) is 0 Å². The molecule has 0 aliphatic rings. The van der Waals surface area contributed by atoms with Gasteiger partial charge in [-0.15, -0.1) is 0 Å². The minimum atomic E-state index is 0.448. The summed E-state index contributed by atoms with van der Waals surface area (Å²) in [7, 11) is 0. The van der Waals surface area contributed by atoms with Crippen LogP contribution in [0.3, 0.4) is 0 Å². The number of nitrogen functional groups attached to an aromatic ring is 2. The Hall–Kier alpha value is -1.96. The lowest BCUT2D eigenvalue weighted by atomic mass is 9.93. The first kappa shape index (κ1) is 16.4. The molecule has 2 rings (SSSR count). The quantitative estimate of drug-likeness (QED) is 0.786. The van der Waals surface area contributed by atoms with E-state index in [1.54, 1.807) is 0 Å². The molecule has 0 aromatic heterocycles. The molecule has 2 nitrogen and oxygen atoms in total. The first-order valence-corrected chi connectivity index (χ1v) is 8.24. The third-order valence-corrected chi connectivity index (χ3v) is 4.35. The van der Waals surface area contributed by atoms with Crippen LogP contribution in [0.5, 0.6) is 0 Å². The summed E-state index contributed by atoms with van der Waals surface area (Å²) in [6.45, 7) is 8.69.